The third kappa shape index (κ3) is 4.65. The average molecular weight is 341 g/mol. The maximum Gasteiger partial charge on any atom is 0.340 e. The fraction of sp³-hybridized carbons (Fsp3) is 0.444. The van der Waals surface area contributed by atoms with E-state index in [-0.39, 0.29) is 5.97 Å². The van der Waals surface area contributed by atoms with Crippen LogP contribution in [0.1, 0.15) is 49.4 Å². The number of hydrogen-bond acceptors (Lipinski definition) is 7. The molecule has 0 unspecified atom stereocenters. The lowest BCUT2D eigenvalue weighted by molar-refractivity contribution is 0.0527. The lowest BCUT2D eigenvalue weighted by Gasteiger charge is -2.22. The first-order valence-electron chi connectivity index (χ1n) is 8.75. The van der Waals surface area contributed by atoms with Gasteiger partial charge in [0, 0.05) is 6.04 Å². The Morgan fingerprint density at radius 2 is 2.04 bits per heavy atom. The number of nitrogens with zero attached hydrogens (tertiary/aromatic N) is 3. The Labute approximate surface area is 147 Å². The Kier molecular flexibility index (Phi) is 5.77. The van der Waals surface area contributed by atoms with E-state index >= 15 is 0 Å². The number of carbonyl (C=O) groups excluding carboxylic acids is 1. The van der Waals surface area contributed by atoms with E-state index in [1.54, 1.807) is 19.1 Å². The second-order valence-corrected chi connectivity index (χ2v) is 6.04. The van der Waals surface area contributed by atoms with Crippen LogP contribution in [0.25, 0.3) is 0 Å². The number of anilines is 3. The van der Waals surface area contributed by atoms with Gasteiger partial charge in [-0.05, 0) is 31.9 Å². The second-order valence-electron chi connectivity index (χ2n) is 6.04. The molecule has 1 aromatic heterocycles. The zero-order valence-electron chi connectivity index (χ0n) is 14.4. The molecule has 0 saturated heterocycles. The van der Waals surface area contributed by atoms with Crippen LogP contribution in [-0.2, 0) is 4.74 Å². The molecule has 7 heteroatoms. The van der Waals surface area contributed by atoms with E-state index in [9.17, 15) is 4.79 Å². The minimum atomic E-state index is -0.367. The van der Waals surface area contributed by atoms with Gasteiger partial charge in [-0.1, -0.05) is 31.4 Å². The van der Waals surface area contributed by atoms with Gasteiger partial charge in [-0.15, -0.1) is 5.10 Å². The van der Waals surface area contributed by atoms with E-state index < -0.39 is 0 Å². The number of rotatable bonds is 6. The second kappa shape index (κ2) is 8.41. The quantitative estimate of drug-likeness (QED) is 0.777. The smallest absolute Gasteiger partial charge is 0.340 e. The summed E-state index contributed by atoms with van der Waals surface area (Å²) >= 11 is 0. The molecule has 1 heterocycles. The first kappa shape index (κ1) is 17.1. The number of hydrogen-bond donors (Lipinski definition) is 2. The molecule has 0 aliphatic heterocycles. The number of para-hydroxylation sites is 1. The maximum absolute atomic E-state index is 12.1. The van der Waals surface area contributed by atoms with Crippen LogP contribution < -0.4 is 10.6 Å². The van der Waals surface area contributed by atoms with Crippen molar-refractivity contribution in [3.63, 3.8) is 0 Å². The Balaban J connectivity index is 1.73. The van der Waals surface area contributed by atoms with Gasteiger partial charge in [0.05, 0.1) is 24.1 Å². The number of carbonyl (C=O) groups is 1. The third-order valence-corrected chi connectivity index (χ3v) is 4.18. The van der Waals surface area contributed by atoms with Crippen molar-refractivity contribution in [1.82, 2.24) is 15.2 Å². The molecule has 1 aliphatic rings. The zero-order chi connectivity index (χ0) is 17.5. The molecule has 1 fully saturated rings. The summed E-state index contributed by atoms with van der Waals surface area (Å²) in [5.41, 5.74) is 1.09. The van der Waals surface area contributed by atoms with Crippen LogP contribution in [0, 0.1) is 0 Å². The van der Waals surface area contributed by atoms with Gasteiger partial charge < -0.3 is 15.4 Å². The highest BCUT2D eigenvalue weighted by molar-refractivity contribution is 5.96. The van der Waals surface area contributed by atoms with Crippen LogP contribution in [0.4, 0.5) is 17.5 Å². The average Bonchev–Trinajstić information content (AvgIpc) is 2.63. The van der Waals surface area contributed by atoms with Gasteiger partial charge in [0.25, 0.3) is 0 Å². The molecule has 132 valence electrons. The summed E-state index contributed by atoms with van der Waals surface area (Å²) in [6.45, 7) is 2.11. The van der Waals surface area contributed by atoms with Crippen molar-refractivity contribution in [3.05, 3.63) is 36.0 Å². The molecule has 2 N–H and O–H groups in total. The Morgan fingerprint density at radius 3 is 2.84 bits per heavy atom. The highest BCUT2D eigenvalue weighted by atomic mass is 16.5. The summed E-state index contributed by atoms with van der Waals surface area (Å²) in [4.78, 5) is 16.5. The van der Waals surface area contributed by atoms with Gasteiger partial charge in [0.15, 0.2) is 5.82 Å². The van der Waals surface area contributed by atoms with E-state index in [0.29, 0.717) is 35.7 Å². The Morgan fingerprint density at radius 1 is 1.24 bits per heavy atom. The molecule has 0 radical (unpaired) electrons. The molecule has 0 bridgehead atoms. The van der Waals surface area contributed by atoms with E-state index in [0.717, 1.165) is 12.8 Å². The maximum atomic E-state index is 12.1. The van der Waals surface area contributed by atoms with Gasteiger partial charge in [-0.2, -0.15) is 10.1 Å². The summed E-state index contributed by atoms with van der Waals surface area (Å²) in [7, 11) is 0. The fourth-order valence-corrected chi connectivity index (χ4v) is 2.97. The zero-order valence-corrected chi connectivity index (χ0v) is 14.4. The lowest BCUT2D eigenvalue weighted by atomic mass is 9.96. The minimum absolute atomic E-state index is 0.331. The van der Waals surface area contributed by atoms with Crippen molar-refractivity contribution in [3.8, 4) is 0 Å². The van der Waals surface area contributed by atoms with Crippen molar-refractivity contribution in [2.45, 2.75) is 45.1 Å². The third-order valence-electron chi connectivity index (χ3n) is 4.18. The molecule has 0 amide bonds. The molecular weight excluding hydrogens is 318 g/mol. The van der Waals surface area contributed by atoms with Crippen molar-refractivity contribution >= 4 is 23.4 Å². The monoisotopic (exact) mass is 341 g/mol. The summed E-state index contributed by atoms with van der Waals surface area (Å²) in [6.07, 6.45) is 7.56. The van der Waals surface area contributed by atoms with Crippen LogP contribution in [-0.4, -0.2) is 33.8 Å². The van der Waals surface area contributed by atoms with E-state index in [1.165, 1.54) is 25.5 Å². The lowest BCUT2D eigenvalue weighted by Crippen LogP contribution is -2.23. The predicted octanol–water partition coefficient (Wildman–Crippen LogP) is 3.54. The molecule has 0 spiro atoms. The van der Waals surface area contributed by atoms with Crippen molar-refractivity contribution in [1.29, 1.82) is 0 Å². The molecule has 1 saturated carbocycles. The van der Waals surface area contributed by atoms with Crippen LogP contribution in [0.15, 0.2) is 30.5 Å². The normalized spacial score (nSPS) is 14.8. The van der Waals surface area contributed by atoms with Gasteiger partial charge in [-0.3, -0.25) is 0 Å². The molecular formula is C18H23N5O2. The molecule has 2 aromatic rings. The summed E-state index contributed by atoms with van der Waals surface area (Å²) < 4.78 is 5.09. The number of benzene rings is 1. The summed E-state index contributed by atoms with van der Waals surface area (Å²) in [5, 5.41) is 14.5. The van der Waals surface area contributed by atoms with Gasteiger partial charge >= 0.3 is 5.97 Å². The van der Waals surface area contributed by atoms with E-state index in [4.69, 9.17) is 4.74 Å². The fourth-order valence-electron chi connectivity index (χ4n) is 2.97. The number of esters is 1. The molecule has 3 rings (SSSR count). The highest BCUT2D eigenvalue weighted by Gasteiger charge is 2.15. The predicted molar refractivity (Wildman–Crippen MR) is 96.0 cm³/mol. The SMILES string of the molecule is CCOC(=O)c1ccccc1Nc1cnnc(NC2CCCCC2)n1. The Hall–Kier alpha value is -2.70. The molecule has 25 heavy (non-hydrogen) atoms. The van der Waals surface area contributed by atoms with Gasteiger partial charge in [0.1, 0.15) is 0 Å². The van der Waals surface area contributed by atoms with Crippen LogP contribution >= 0.6 is 0 Å². The van der Waals surface area contributed by atoms with Crippen molar-refractivity contribution in [2.24, 2.45) is 0 Å². The largest absolute Gasteiger partial charge is 0.462 e. The first-order chi connectivity index (χ1) is 12.3. The Bertz CT molecular complexity index is 716. The molecule has 1 aromatic carbocycles. The summed E-state index contributed by atoms with van der Waals surface area (Å²) in [6, 6.07) is 7.57. The summed E-state index contributed by atoms with van der Waals surface area (Å²) in [5.74, 6) is 0.670. The van der Waals surface area contributed by atoms with Crippen LogP contribution in [0.3, 0.4) is 0 Å². The van der Waals surface area contributed by atoms with E-state index in [1.807, 2.05) is 12.1 Å². The van der Waals surface area contributed by atoms with Crippen LogP contribution in [0.5, 0.6) is 0 Å². The van der Waals surface area contributed by atoms with Crippen molar-refractivity contribution < 1.29 is 9.53 Å². The van der Waals surface area contributed by atoms with Crippen molar-refractivity contribution in [2.75, 3.05) is 17.2 Å². The van der Waals surface area contributed by atoms with E-state index in [2.05, 4.69) is 25.8 Å². The van der Waals surface area contributed by atoms with Crippen LogP contribution in [0.2, 0.25) is 0 Å². The highest BCUT2D eigenvalue weighted by Crippen LogP contribution is 2.22. The van der Waals surface area contributed by atoms with Gasteiger partial charge in [0.2, 0.25) is 5.95 Å². The topological polar surface area (TPSA) is 89.0 Å². The molecule has 7 nitrogen and oxygen atoms in total. The first-order valence-corrected chi connectivity index (χ1v) is 8.75. The minimum Gasteiger partial charge on any atom is -0.462 e. The standard InChI is InChI=1S/C18H23N5O2/c1-2-25-17(24)14-10-6-7-11-15(14)21-16-12-19-23-18(22-16)20-13-8-4-3-5-9-13/h6-7,10-13H,2-5,8-9H2,1H3,(H2,20,21,22,23). The number of ether oxygens (including phenoxy) is 1. The number of aromatic nitrogens is 3. The number of nitrogens with one attached hydrogen (secondary N) is 2. The molecule has 0 atom stereocenters. The van der Waals surface area contributed by atoms with Gasteiger partial charge in [-0.25, -0.2) is 4.79 Å². The molecule has 1 aliphatic carbocycles.